The van der Waals surface area contributed by atoms with Gasteiger partial charge in [0.1, 0.15) is 17.3 Å². The molecule has 0 saturated heterocycles. The second-order valence-electron chi connectivity index (χ2n) is 6.26. The molecule has 8 nitrogen and oxygen atoms in total. The fourth-order valence-electron chi connectivity index (χ4n) is 3.19. The molecular formula is C17H21N7O. The molecule has 130 valence electrons. The minimum Gasteiger partial charge on any atom is -0.337 e. The van der Waals surface area contributed by atoms with E-state index in [0.717, 1.165) is 49.7 Å². The van der Waals surface area contributed by atoms with Crippen molar-refractivity contribution in [2.24, 2.45) is 5.92 Å². The third-order valence-corrected chi connectivity index (χ3v) is 4.51. The van der Waals surface area contributed by atoms with E-state index in [1.165, 1.54) is 0 Å². The molecule has 0 spiro atoms. The van der Waals surface area contributed by atoms with Gasteiger partial charge in [-0.05, 0) is 24.5 Å². The van der Waals surface area contributed by atoms with E-state index in [1.807, 2.05) is 18.2 Å². The van der Waals surface area contributed by atoms with Crippen LogP contribution in [0.5, 0.6) is 0 Å². The maximum atomic E-state index is 5.30. The van der Waals surface area contributed by atoms with Crippen molar-refractivity contribution >= 4 is 0 Å². The summed E-state index contributed by atoms with van der Waals surface area (Å²) >= 11 is 0. The van der Waals surface area contributed by atoms with Gasteiger partial charge in [0, 0.05) is 32.1 Å². The Balaban J connectivity index is 1.31. The van der Waals surface area contributed by atoms with Gasteiger partial charge in [0.25, 0.3) is 0 Å². The van der Waals surface area contributed by atoms with Crippen molar-refractivity contribution in [2.75, 3.05) is 6.54 Å². The summed E-state index contributed by atoms with van der Waals surface area (Å²) in [6.45, 7) is 4.56. The lowest BCUT2D eigenvalue weighted by Crippen LogP contribution is -2.30. The largest absolute Gasteiger partial charge is 0.337 e. The molecule has 4 rings (SSSR count). The lowest BCUT2D eigenvalue weighted by Gasteiger charge is -2.24. The highest BCUT2D eigenvalue weighted by Crippen LogP contribution is 2.20. The summed E-state index contributed by atoms with van der Waals surface area (Å²) in [5.41, 5.74) is 0.719. The van der Waals surface area contributed by atoms with Gasteiger partial charge in [-0.15, -0.1) is 10.2 Å². The number of aromatic nitrogens is 6. The first-order valence-electron chi connectivity index (χ1n) is 8.69. The SMILES string of the molecule is CCc1nnc2n1C[C@H](CNCc1nc(-c3ccccn3)no1)CC2. The summed E-state index contributed by atoms with van der Waals surface area (Å²) in [6, 6.07) is 5.64. The summed E-state index contributed by atoms with van der Waals surface area (Å²) in [5, 5.41) is 16.0. The van der Waals surface area contributed by atoms with Gasteiger partial charge in [-0.3, -0.25) is 4.98 Å². The lowest BCUT2D eigenvalue weighted by atomic mass is 9.99. The van der Waals surface area contributed by atoms with Crippen LogP contribution in [-0.2, 0) is 25.9 Å². The number of aryl methyl sites for hydroxylation is 2. The third kappa shape index (κ3) is 3.43. The van der Waals surface area contributed by atoms with Crippen LogP contribution in [0.2, 0.25) is 0 Å². The van der Waals surface area contributed by atoms with Crippen molar-refractivity contribution in [3.05, 3.63) is 41.9 Å². The third-order valence-electron chi connectivity index (χ3n) is 4.51. The van der Waals surface area contributed by atoms with Crippen molar-refractivity contribution in [2.45, 2.75) is 39.3 Å². The van der Waals surface area contributed by atoms with Gasteiger partial charge in [-0.1, -0.05) is 18.1 Å². The van der Waals surface area contributed by atoms with Crippen LogP contribution < -0.4 is 5.32 Å². The smallest absolute Gasteiger partial charge is 0.240 e. The molecule has 1 atom stereocenters. The molecule has 0 unspecified atom stereocenters. The predicted molar refractivity (Wildman–Crippen MR) is 90.4 cm³/mol. The Hall–Kier alpha value is -2.61. The van der Waals surface area contributed by atoms with Crippen LogP contribution in [0.3, 0.4) is 0 Å². The molecule has 0 fully saturated rings. The number of nitrogens with one attached hydrogen (secondary N) is 1. The molecule has 3 aromatic rings. The molecule has 0 bridgehead atoms. The first kappa shape index (κ1) is 15.9. The molecule has 0 radical (unpaired) electrons. The van der Waals surface area contributed by atoms with Gasteiger partial charge in [-0.25, -0.2) is 0 Å². The molecule has 1 N–H and O–H groups in total. The zero-order valence-electron chi connectivity index (χ0n) is 14.2. The van der Waals surface area contributed by atoms with E-state index in [9.17, 15) is 0 Å². The molecule has 8 heteroatoms. The van der Waals surface area contributed by atoms with E-state index in [1.54, 1.807) is 6.20 Å². The van der Waals surface area contributed by atoms with Crippen LogP contribution >= 0.6 is 0 Å². The second-order valence-corrected chi connectivity index (χ2v) is 6.26. The van der Waals surface area contributed by atoms with E-state index in [4.69, 9.17) is 4.52 Å². The molecular weight excluding hydrogens is 318 g/mol. The second kappa shape index (κ2) is 7.10. The van der Waals surface area contributed by atoms with Crippen molar-refractivity contribution in [1.29, 1.82) is 0 Å². The van der Waals surface area contributed by atoms with Crippen molar-refractivity contribution in [3.63, 3.8) is 0 Å². The van der Waals surface area contributed by atoms with Crippen molar-refractivity contribution < 1.29 is 4.52 Å². The molecule has 0 aliphatic carbocycles. The number of rotatable bonds is 6. The lowest BCUT2D eigenvalue weighted by molar-refractivity contribution is 0.324. The molecule has 1 aliphatic rings. The highest BCUT2D eigenvalue weighted by molar-refractivity contribution is 5.46. The van der Waals surface area contributed by atoms with Gasteiger partial charge in [0.15, 0.2) is 0 Å². The standard InChI is InChI=1S/C17H21N7O/c1-2-14-21-22-15-7-6-12(11-24(14)15)9-18-10-16-20-17(23-25-16)13-5-3-4-8-19-13/h3-5,8,12,18H,2,6-7,9-11H2,1H3/t12-/m0/s1. The highest BCUT2D eigenvalue weighted by atomic mass is 16.5. The fourth-order valence-corrected chi connectivity index (χ4v) is 3.19. The number of hydrogen-bond acceptors (Lipinski definition) is 7. The van der Waals surface area contributed by atoms with Crippen LogP contribution in [-0.4, -0.2) is 36.4 Å². The van der Waals surface area contributed by atoms with Crippen LogP contribution in [0, 0.1) is 5.92 Å². The van der Waals surface area contributed by atoms with E-state index < -0.39 is 0 Å². The average molecular weight is 339 g/mol. The quantitative estimate of drug-likeness (QED) is 0.729. The number of fused-ring (bicyclic) bond motifs is 1. The maximum Gasteiger partial charge on any atom is 0.240 e. The molecule has 0 saturated carbocycles. The number of pyridine rings is 1. The topological polar surface area (TPSA) is 94.6 Å². The van der Waals surface area contributed by atoms with Gasteiger partial charge in [-0.2, -0.15) is 4.98 Å². The Morgan fingerprint density at radius 3 is 3.12 bits per heavy atom. The molecule has 0 amide bonds. The van der Waals surface area contributed by atoms with E-state index >= 15 is 0 Å². The highest BCUT2D eigenvalue weighted by Gasteiger charge is 2.22. The summed E-state index contributed by atoms with van der Waals surface area (Å²) in [6.07, 6.45) is 4.75. The van der Waals surface area contributed by atoms with E-state index in [-0.39, 0.29) is 0 Å². The first-order valence-corrected chi connectivity index (χ1v) is 8.69. The van der Waals surface area contributed by atoms with Crippen LogP contribution in [0.15, 0.2) is 28.9 Å². The maximum absolute atomic E-state index is 5.30. The Morgan fingerprint density at radius 1 is 1.32 bits per heavy atom. The first-order chi connectivity index (χ1) is 12.3. The fraction of sp³-hybridized carbons (Fsp3) is 0.471. The summed E-state index contributed by atoms with van der Waals surface area (Å²) in [7, 11) is 0. The molecule has 0 aromatic carbocycles. The Morgan fingerprint density at radius 2 is 2.28 bits per heavy atom. The monoisotopic (exact) mass is 339 g/mol. The zero-order valence-corrected chi connectivity index (χ0v) is 14.2. The average Bonchev–Trinajstić information content (AvgIpc) is 3.29. The summed E-state index contributed by atoms with van der Waals surface area (Å²) in [4.78, 5) is 8.62. The number of nitrogens with zero attached hydrogens (tertiary/aromatic N) is 6. The molecule has 1 aliphatic heterocycles. The van der Waals surface area contributed by atoms with Gasteiger partial charge in [0.05, 0.1) is 6.54 Å². The molecule has 3 aromatic heterocycles. The van der Waals surface area contributed by atoms with Crippen LogP contribution in [0.25, 0.3) is 11.5 Å². The van der Waals surface area contributed by atoms with Gasteiger partial charge < -0.3 is 14.4 Å². The summed E-state index contributed by atoms with van der Waals surface area (Å²) < 4.78 is 7.57. The van der Waals surface area contributed by atoms with Crippen LogP contribution in [0.4, 0.5) is 0 Å². The molecule has 25 heavy (non-hydrogen) atoms. The Labute approximate surface area is 145 Å². The minimum atomic E-state index is 0.525. The minimum absolute atomic E-state index is 0.525. The number of hydrogen-bond donors (Lipinski definition) is 1. The van der Waals surface area contributed by atoms with Gasteiger partial charge >= 0.3 is 0 Å². The predicted octanol–water partition coefficient (Wildman–Crippen LogP) is 1.64. The van der Waals surface area contributed by atoms with Gasteiger partial charge in [0.2, 0.25) is 11.7 Å². The van der Waals surface area contributed by atoms with Crippen molar-refractivity contribution in [1.82, 2.24) is 35.2 Å². The zero-order chi connectivity index (χ0) is 17.1. The van der Waals surface area contributed by atoms with Crippen LogP contribution in [0.1, 0.15) is 30.9 Å². The Kier molecular flexibility index (Phi) is 4.51. The Bertz CT molecular complexity index is 813. The van der Waals surface area contributed by atoms with E-state index in [2.05, 4.69) is 42.1 Å². The summed E-state index contributed by atoms with van der Waals surface area (Å²) in [5.74, 6) is 3.86. The molecule has 4 heterocycles. The van der Waals surface area contributed by atoms with E-state index in [0.29, 0.717) is 24.2 Å². The normalized spacial score (nSPS) is 16.8. The van der Waals surface area contributed by atoms with Crippen molar-refractivity contribution in [3.8, 4) is 11.5 Å².